The summed E-state index contributed by atoms with van der Waals surface area (Å²) in [6.45, 7) is 7.55. The monoisotopic (exact) mass is 212 g/mol. The number of nitrogens with one attached hydrogen (secondary N) is 2. The SMILES string of the molecule is CCOC1CC(NCC2(C)CCCN2)C1. The molecule has 2 rings (SSSR count). The van der Waals surface area contributed by atoms with Crippen molar-refractivity contribution in [3.05, 3.63) is 0 Å². The van der Waals surface area contributed by atoms with Crippen molar-refractivity contribution >= 4 is 0 Å². The lowest BCUT2D eigenvalue weighted by Crippen LogP contribution is -2.53. The third-order valence-corrected chi connectivity index (χ3v) is 3.74. The summed E-state index contributed by atoms with van der Waals surface area (Å²) in [6, 6.07) is 0.695. The molecule has 0 aromatic heterocycles. The maximum atomic E-state index is 5.55. The van der Waals surface area contributed by atoms with Crippen LogP contribution in [0.4, 0.5) is 0 Å². The maximum Gasteiger partial charge on any atom is 0.0604 e. The first-order valence-corrected chi connectivity index (χ1v) is 6.32. The Kier molecular flexibility index (Phi) is 3.65. The van der Waals surface area contributed by atoms with Gasteiger partial charge in [0.1, 0.15) is 0 Å². The molecule has 1 saturated carbocycles. The normalized spacial score (nSPS) is 40.4. The molecule has 0 amide bonds. The Hall–Kier alpha value is -0.120. The van der Waals surface area contributed by atoms with Crippen LogP contribution in [-0.4, -0.2) is 37.4 Å². The van der Waals surface area contributed by atoms with Gasteiger partial charge in [0.15, 0.2) is 0 Å². The highest BCUT2D eigenvalue weighted by atomic mass is 16.5. The highest BCUT2D eigenvalue weighted by Gasteiger charge is 2.33. The second-order valence-corrected chi connectivity index (χ2v) is 5.22. The zero-order chi connectivity index (χ0) is 10.7. The lowest BCUT2D eigenvalue weighted by molar-refractivity contribution is -0.0109. The molecular weight excluding hydrogens is 188 g/mol. The van der Waals surface area contributed by atoms with Gasteiger partial charge in [0.2, 0.25) is 0 Å². The second kappa shape index (κ2) is 4.81. The first-order valence-electron chi connectivity index (χ1n) is 6.32. The van der Waals surface area contributed by atoms with E-state index in [0.29, 0.717) is 17.7 Å². The Morgan fingerprint density at radius 1 is 1.47 bits per heavy atom. The molecule has 0 spiro atoms. The van der Waals surface area contributed by atoms with Gasteiger partial charge in [-0.3, -0.25) is 0 Å². The topological polar surface area (TPSA) is 33.3 Å². The van der Waals surface area contributed by atoms with Gasteiger partial charge in [0.05, 0.1) is 6.10 Å². The van der Waals surface area contributed by atoms with Crippen LogP contribution in [0.1, 0.15) is 39.5 Å². The summed E-state index contributed by atoms with van der Waals surface area (Å²) in [5.74, 6) is 0. The lowest BCUT2D eigenvalue weighted by Gasteiger charge is -2.38. The lowest BCUT2D eigenvalue weighted by atomic mass is 9.88. The summed E-state index contributed by atoms with van der Waals surface area (Å²) in [4.78, 5) is 0. The van der Waals surface area contributed by atoms with Crippen LogP contribution in [0.5, 0.6) is 0 Å². The van der Waals surface area contributed by atoms with Gasteiger partial charge >= 0.3 is 0 Å². The molecule has 0 radical (unpaired) electrons. The molecule has 2 N–H and O–H groups in total. The molecule has 3 nitrogen and oxygen atoms in total. The Morgan fingerprint density at radius 2 is 2.27 bits per heavy atom. The van der Waals surface area contributed by atoms with Crippen LogP contribution in [0.2, 0.25) is 0 Å². The molecule has 15 heavy (non-hydrogen) atoms. The van der Waals surface area contributed by atoms with Crippen molar-refractivity contribution in [2.45, 2.75) is 57.2 Å². The molecule has 3 heteroatoms. The molecule has 0 bridgehead atoms. The minimum atomic E-state index is 0.344. The van der Waals surface area contributed by atoms with Crippen molar-refractivity contribution in [2.75, 3.05) is 19.7 Å². The van der Waals surface area contributed by atoms with Crippen molar-refractivity contribution in [3.8, 4) is 0 Å². The Morgan fingerprint density at radius 3 is 2.87 bits per heavy atom. The largest absolute Gasteiger partial charge is 0.378 e. The molecule has 1 heterocycles. The van der Waals surface area contributed by atoms with Crippen molar-refractivity contribution in [2.24, 2.45) is 0 Å². The van der Waals surface area contributed by atoms with Crippen molar-refractivity contribution in [1.82, 2.24) is 10.6 Å². The average Bonchev–Trinajstić information content (AvgIpc) is 2.57. The summed E-state index contributed by atoms with van der Waals surface area (Å²) in [5, 5.41) is 7.23. The fourth-order valence-corrected chi connectivity index (χ4v) is 2.58. The van der Waals surface area contributed by atoms with Crippen LogP contribution in [0, 0.1) is 0 Å². The molecule has 1 saturated heterocycles. The summed E-state index contributed by atoms with van der Waals surface area (Å²) in [7, 11) is 0. The Labute approximate surface area is 93.0 Å². The smallest absolute Gasteiger partial charge is 0.0604 e. The van der Waals surface area contributed by atoms with Crippen molar-refractivity contribution < 1.29 is 4.74 Å². The average molecular weight is 212 g/mol. The summed E-state index contributed by atoms with van der Waals surface area (Å²) >= 11 is 0. The van der Waals surface area contributed by atoms with Gasteiger partial charge in [-0.05, 0) is 46.1 Å². The van der Waals surface area contributed by atoms with E-state index in [-0.39, 0.29) is 0 Å². The van der Waals surface area contributed by atoms with Crippen LogP contribution in [0.25, 0.3) is 0 Å². The number of hydrogen-bond acceptors (Lipinski definition) is 3. The summed E-state index contributed by atoms with van der Waals surface area (Å²) in [5.41, 5.74) is 0.344. The molecule has 88 valence electrons. The summed E-state index contributed by atoms with van der Waals surface area (Å²) < 4.78 is 5.55. The first kappa shape index (κ1) is 11.4. The Bertz CT molecular complexity index is 196. The minimum absolute atomic E-state index is 0.344. The molecule has 1 aliphatic carbocycles. The van der Waals surface area contributed by atoms with Crippen LogP contribution < -0.4 is 10.6 Å². The van der Waals surface area contributed by atoms with Gasteiger partial charge in [-0.25, -0.2) is 0 Å². The fourth-order valence-electron chi connectivity index (χ4n) is 2.58. The zero-order valence-electron chi connectivity index (χ0n) is 10.0. The predicted molar refractivity (Wildman–Crippen MR) is 62.1 cm³/mol. The molecule has 1 atom stereocenters. The third kappa shape index (κ3) is 2.92. The molecule has 2 aliphatic rings. The molecule has 1 aliphatic heterocycles. The van der Waals surface area contributed by atoms with Crippen molar-refractivity contribution in [1.29, 1.82) is 0 Å². The van der Waals surface area contributed by atoms with E-state index in [1.165, 1.54) is 32.2 Å². The second-order valence-electron chi connectivity index (χ2n) is 5.22. The number of hydrogen-bond donors (Lipinski definition) is 2. The van der Waals surface area contributed by atoms with E-state index in [0.717, 1.165) is 13.2 Å². The van der Waals surface area contributed by atoms with Crippen LogP contribution in [0.15, 0.2) is 0 Å². The van der Waals surface area contributed by atoms with E-state index >= 15 is 0 Å². The maximum absolute atomic E-state index is 5.55. The van der Waals surface area contributed by atoms with Gasteiger partial charge in [-0.2, -0.15) is 0 Å². The van der Waals surface area contributed by atoms with E-state index in [2.05, 4.69) is 24.5 Å². The summed E-state index contributed by atoms with van der Waals surface area (Å²) in [6.07, 6.45) is 5.55. The van der Waals surface area contributed by atoms with E-state index in [9.17, 15) is 0 Å². The Balaban J connectivity index is 1.59. The highest BCUT2D eigenvalue weighted by Crippen LogP contribution is 2.24. The minimum Gasteiger partial charge on any atom is -0.378 e. The van der Waals surface area contributed by atoms with Crippen molar-refractivity contribution in [3.63, 3.8) is 0 Å². The molecule has 0 aromatic rings. The van der Waals surface area contributed by atoms with E-state index < -0.39 is 0 Å². The predicted octanol–water partition coefficient (Wildman–Crippen LogP) is 1.29. The molecule has 2 fully saturated rings. The molecule has 0 aromatic carbocycles. The third-order valence-electron chi connectivity index (χ3n) is 3.74. The highest BCUT2D eigenvalue weighted by molar-refractivity contribution is 4.94. The van der Waals surface area contributed by atoms with Gasteiger partial charge < -0.3 is 15.4 Å². The van der Waals surface area contributed by atoms with Crippen LogP contribution in [0.3, 0.4) is 0 Å². The van der Waals surface area contributed by atoms with Gasteiger partial charge in [-0.15, -0.1) is 0 Å². The zero-order valence-corrected chi connectivity index (χ0v) is 10.0. The van der Waals surface area contributed by atoms with Crippen LogP contribution in [-0.2, 0) is 4.74 Å². The van der Waals surface area contributed by atoms with E-state index in [1.54, 1.807) is 0 Å². The van der Waals surface area contributed by atoms with Crippen LogP contribution >= 0.6 is 0 Å². The van der Waals surface area contributed by atoms with Gasteiger partial charge in [0, 0.05) is 24.7 Å². The fraction of sp³-hybridized carbons (Fsp3) is 1.00. The standard InChI is InChI=1S/C12H24N2O/c1-3-15-11-7-10(8-11)13-9-12(2)5-4-6-14-12/h10-11,13-14H,3-9H2,1-2H3. The number of ether oxygens (including phenoxy) is 1. The number of rotatable bonds is 5. The van der Waals surface area contributed by atoms with Gasteiger partial charge in [-0.1, -0.05) is 0 Å². The quantitative estimate of drug-likeness (QED) is 0.720. The molecule has 1 unspecified atom stereocenters. The first-order chi connectivity index (χ1) is 7.22. The van der Waals surface area contributed by atoms with Gasteiger partial charge in [0.25, 0.3) is 0 Å². The van der Waals surface area contributed by atoms with E-state index in [4.69, 9.17) is 4.74 Å². The van der Waals surface area contributed by atoms with E-state index in [1.807, 2.05) is 0 Å². The molecular formula is C12H24N2O.